The maximum absolute atomic E-state index is 13.6. The zero-order valence-corrected chi connectivity index (χ0v) is 13.7. The van der Waals surface area contributed by atoms with E-state index in [0.29, 0.717) is 11.3 Å². The van der Waals surface area contributed by atoms with Gasteiger partial charge in [0.1, 0.15) is 5.82 Å². The summed E-state index contributed by atoms with van der Waals surface area (Å²) in [4.78, 5) is 37.5. The number of carboxylic acid groups (broad SMARTS) is 1. The van der Waals surface area contributed by atoms with Gasteiger partial charge in [-0.05, 0) is 42.0 Å². The van der Waals surface area contributed by atoms with Crippen LogP contribution in [0.25, 0.3) is 6.08 Å². The molecule has 0 fully saturated rings. The number of carbonyl (C=O) groups is 3. The van der Waals surface area contributed by atoms with E-state index >= 15 is 0 Å². The number of Topliss-reactive ketones (excluding diaryl/α,β-unsaturated/α-hetero) is 1. The molecular formula is C18H11ClFNO4. The minimum atomic E-state index is -1.18. The number of likely N-dealkylation sites (N-methyl/N-ethyl adjacent to an activating group) is 1. The van der Waals surface area contributed by atoms with Crippen molar-refractivity contribution in [3.8, 4) is 0 Å². The molecule has 0 saturated carbocycles. The molecule has 5 nitrogen and oxygen atoms in total. The van der Waals surface area contributed by atoms with Gasteiger partial charge in [-0.2, -0.15) is 0 Å². The summed E-state index contributed by atoms with van der Waals surface area (Å²) in [5, 5.41) is 9.02. The summed E-state index contributed by atoms with van der Waals surface area (Å²) in [5.41, 5.74) is 0.470. The lowest BCUT2D eigenvalue weighted by Crippen LogP contribution is -2.36. The summed E-state index contributed by atoms with van der Waals surface area (Å²) in [6, 6.07) is 7.86. The van der Waals surface area contributed by atoms with Crippen LogP contribution in [0.3, 0.4) is 0 Å². The van der Waals surface area contributed by atoms with Crippen molar-refractivity contribution >= 4 is 41.0 Å². The molecule has 0 atom stereocenters. The summed E-state index contributed by atoms with van der Waals surface area (Å²) < 4.78 is 13.6. The maximum Gasteiger partial charge on any atom is 0.335 e. The van der Waals surface area contributed by atoms with E-state index in [-0.39, 0.29) is 21.7 Å². The second-order valence-corrected chi connectivity index (χ2v) is 5.87. The van der Waals surface area contributed by atoms with Gasteiger partial charge in [0.15, 0.2) is 0 Å². The third-order valence-electron chi connectivity index (χ3n) is 3.88. The molecule has 0 radical (unpaired) electrons. The van der Waals surface area contributed by atoms with E-state index in [9.17, 15) is 18.8 Å². The molecule has 2 aromatic carbocycles. The number of hydrogen-bond donors (Lipinski definition) is 1. The number of halogens is 2. The van der Waals surface area contributed by atoms with Crippen LogP contribution in [-0.2, 0) is 4.79 Å². The molecule has 1 N–H and O–H groups in total. The van der Waals surface area contributed by atoms with Crippen LogP contribution in [0.15, 0.2) is 42.0 Å². The Balaban J connectivity index is 2.13. The predicted octanol–water partition coefficient (Wildman–Crippen LogP) is 3.42. The predicted molar refractivity (Wildman–Crippen MR) is 90.5 cm³/mol. The quantitative estimate of drug-likeness (QED) is 0.658. The number of hydrogen-bond acceptors (Lipinski definition) is 3. The van der Waals surface area contributed by atoms with Gasteiger partial charge in [0.25, 0.3) is 5.91 Å². The second kappa shape index (κ2) is 6.14. The zero-order valence-electron chi connectivity index (χ0n) is 12.9. The average molecular weight is 360 g/mol. The topological polar surface area (TPSA) is 74.7 Å². The zero-order chi connectivity index (χ0) is 18.3. The van der Waals surface area contributed by atoms with E-state index in [1.54, 1.807) is 0 Å². The molecule has 1 heterocycles. The fourth-order valence-corrected chi connectivity index (χ4v) is 2.69. The van der Waals surface area contributed by atoms with Crippen LogP contribution in [0.1, 0.15) is 26.3 Å². The summed E-state index contributed by atoms with van der Waals surface area (Å²) in [5.74, 6) is -3.03. The standard InChI is InChI=1S/C18H11ClFNO4/c1-21-15-5-3-10(18(24)25)8-11(15)16(22)12(17(21)23)6-9-2-4-13(19)14(20)7-9/h2-8H,1H3,(H,24,25)/b12-6+. The smallest absolute Gasteiger partial charge is 0.335 e. The van der Waals surface area contributed by atoms with Crippen molar-refractivity contribution in [2.45, 2.75) is 0 Å². The maximum atomic E-state index is 13.6. The average Bonchev–Trinajstić information content (AvgIpc) is 2.59. The normalized spacial score (nSPS) is 15.5. The van der Waals surface area contributed by atoms with Crippen molar-refractivity contribution in [2.24, 2.45) is 0 Å². The van der Waals surface area contributed by atoms with Gasteiger partial charge in [-0.15, -0.1) is 0 Å². The number of amides is 1. The molecule has 1 amide bonds. The van der Waals surface area contributed by atoms with E-state index in [1.807, 2.05) is 0 Å². The number of carboxylic acids is 1. The molecule has 0 aromatic heterocycles. The van der Waals surface area contributed by atoms with Crippen LogP contribution in [0.2, 0.25) is 5.02 Å². The lowest BCUT2D eigenvalue weighted by Gasteiger charge is -2.26. The summed E-state index contributed by atoms with van der Waals surface area (Å²) in [6.07, 6.45) is 1.26. The van der Waals surface area contributed by atoms with Crippen molar-refractivity contribution < 1.29 is 23.9 Å². The number of carbonyl (C=O) groups excluding carboxylic acids is 2. The second-order valence-electron chi connectivity index (χ2n) is 5.46. The third-order valence-corrected chi connectivity index (χ3v) is 4.19. The van der Waals surface area contributed by atoms with Crippen molar-refractivity contribution in [1.29, 1.82) is 0 Å². The van der Waals surface area contributed by atoms with Gasteiger partial charge in [-0.3, -0.25) is 9.59 Å². The Labute approximate surface area is 146 Å². The SMILES string of the molecule is CN1C(=O)/C(=C/c2ccc(Cl)c(F)c2)C(=O)c2cc(C(=O)O)ccc21. The number of rotatable bonds is 2. The van der Waals surface area contributed by atoms with Gasteiger partial charge in [0.2, 0.25) is 5.78 Å². The minimum Gasteiger partial charge on any atom is -0.478 e. The first-order valence-electron chi connectivity index (χ1n) is 7.16. The van der Waals surface area contributed by atoms with E-state index in [2.05, 4.69) is 0 Å². The lowest BCUT2D eigenvalue weighted by molar-refractivity contribution is -0.114. The Bertz CT molecular complexity index is 968. The number of anilines is 1. The molecule has 3 rings (SSSR count). The Hall–Kier alpha value is -2.99. The highest BCUT2D eigenvalue weighted by molar-refractivity contribution is 6.36. The van der Waals surface area contributed by atoms with Crippen molar-refractivity contribution in [1.82, 2.24) is 0 Å². The largest absolute Gasteiger partial charge is 0.478 e. The molecule has 0 bridgehead atoms. The minimum absolute atomic E-state index is 0.0632. The Morgan fingerprint density at radius 2 is 1.92 bits per heavy atom. The molecule has 2 aromatic rings. The van der Waals surface area contributed by atoms with Crippen molar-refractivity contribution in [3.63, 3.8) is 0 Å². The summed E-state index contributed by atoms with van der Waals surface area (Å²) in [6.45, 7) is 0. The van der Waals surface area contributed by atoms with Gasteiger partial charge in [-0.1, -0.05) is 17.7 Å². The van der Waals surface area contributed by atoms with E-state index in [0.717, 1.165) is 6.07 Å². The Kier molecular flexibility index (Phi) is 4.14. The molecule has 7 heteroatoms. The first-order valence-corrected chi connectivity index (χ1v) is 7.54. The number of fused-ring (bicyclic) bond motifs is 1. The molecule has 25 heavy (non-hydrogen) atoms. The molecule has 1 aliphatic rings. The van der Waals surface area contributed by atoms with Crippen LogP contribution in [0, 0.1) is 5.82 Å². The van der Waals surface area contributed by atoms with Crippen LogP contribution < -0.4 is 4.90 Å². The van der Waals surface area contributed by atoms with Gasteiger partial charge < -0.3 is 10.0 Å². The highest BCUT2D eigenvalue weighted by Gasteiger charge is 2.33. The highest BCUT2D eigenvalue weighted by Crippen LogP contribution is 2.31. The molecule has 0 saturated heterocycles. The fraction of sp³-hybridized carbons (Fsp3) is 0.0556. The molecule has 126 valence electrons. The van der Waals surface area contributed by atoms with Gasteiger partial charge in [0.05, 0.1) is 21.8 Å². The number of aromatic carboxylic acids is 1. The Morgan fingerprint density at radius 1 is 1.20 bits per heavy atom. The van der Waals surface area contributed by atoms with Crippen LogP contribution >= 0.6 is 11.6 Å². The molecule has 0 spiro atoms. The lowest BCUT2D eigenvalue weighted by atomic mass is 9.92. The molecule has 1 aliphatic heterocycles. The number of ketones is 1. The van der Waals surface area contributed by atoms with E-state index < -0.39 is 23.5 Å². The van der Waals surface area contributed by atoms with Crippen LogP contribution in [0.5, 0.6) is 0 Å². The molecular weight excluding hydrogens is 349 g/mol. The van der Waals surface area contributed by atoms with Crippen molar-refractivity contribution in [2.75, 3.05) is 11.9 Å². The highest BCUT2D eigenvalue weighted by atomic mass is 35.5. The van der Waals surface area contributed by atoms with Crippen LogP contribution in [-0.4, -0.2) is 29.8 Å². The van der Waals surface area contributed by atoms with E-state index in [4.69, 9.17) is 16.7 Å². The van der Waals surface area contributed by atoms with Gasteiger partial charge >= 0.3 is 5.97 Å². The van der Waals surface area contributed by atoms with Crippen LogP contribution in [0.4, 0.5) is 10.1 Å². The number of nitrogens with zero attached hydrogens (tertiary/aromatic N) is 1. The van der Waals surface area contributed by atoms with Crippen molar-refractivity contribution in [3.05, 3.63) is 69.5 Å². The van der Waals surface area contributed by atoms with E-state index in [1.165, 1.54) is 48.4 Å². The molecule has 0 unspecified atom stereocenters. The first kappa shape index (κ1) is 16.9. The summed E-state index contributed by atoms with van der Waals surface area (Å²) in [7, 11) is 1.48. The first-order chi connectivity index (χ1) is 11.8. The van der Waals surface area contributed by atoms with Gasteiger partial charge in [0, 0.05) is 12.6 Å². The summed E-state index contributed by atoms with van der Waals surface area (Å²) >= 11 is 5.62. The van der Waals surface area contributed by atoms with Gasteiger partial charge in [-0.25, -0.2) is 9.18 Å². The third kappa shape index (κ3) is 2.92. The fourth-order valence-electron chi connectivity index (χ4n) is 2.57. The Morgan fingerprint density at radius 3 is 2.56 bits per heavy atom. The monoisotopic (exact) mass is 359 g/mol. The number of benzene rings is 2. The molecule has 0 aliphatic carbocycles.